The zero-order valence-corrected chi connectivity index (χ0v) is 13.8. The summed E-state index contributed by atoms with van der Waals surface area (Å²) in [6, 6.07) is 10.9. The summed E-state index contributed by atoms with van der Waals surface area (Å²) in [5, 5.41) is 14.5. The number of anilines is 1. The van der Waals surface area contributed by atoms with Crippen molar-refractivity contribution in [2.45, 2.75) is 0 Å². The number of likely N-dealkylation sites (N-methyl/N-ethyl adjacent to an activating group) is 1. The molecule has 0 radical (unpaired) electrons. The first-order valence-electron chi connectivity index (χ1n) is 7.49. The minimum Gasteiger partial charge on any atom is -1.00 e. The van der Waals surface area contributed by atoms with Gasteiger partial charge in [0.25, 0.3) is 5.91 Å². The molecule has 2 aromatic rings. The third-order valence-corrected chi connectivity index (χ3v) is 4.22. The number of ether oxygens (including phenoxy) is 1. The fourth-order valence-electron chi connectivity index (χ4n) is 2.85. The molecule has 0 saturated carbocycles. The maximum absolute atomic E-state index is 12.4. The molecular weight excluding hydrogens is 316 g/mol. The lowest BCUT2D eigenvalue weighted by Crippen LogP contribution is -3.00. The number of hydrogen-bond donors (Lipinski definition) is 2. The lowest BCUT2D eigenvalue weighted by atomic mass is 10.1. The smallest absolute Gasteiger partial charge is 0.279 e. The molecule has 0 atom stereocenters. The first kappa shape index (κ1) is 17.5. The van der Waals surface area contributed by atoms with Gasteiger partial charge in [-0.2, -0.15) is 0 Å². The van der Waals surface area contributed by atoms with Crippen LogP contribution >= 0.6 is 0 Å². The number of phenolic OH excluding ortho intramolecular Hbond substituents is 1. The van der Waals surface area contributed by atoms with Crippen molar-refractivity contribution in [1.82, 2.24) is 0 Å². The molecule has 6 heteroatoms. The van der Waals surface area contributed by atoms with E-state index in [-0.39, 0.29) is 24.1 Å². The van der Waals surface area contributed by atoms with Gasteiger partial charge in [0, 0.05) is 11.1 Å². The Labute approximate surface area is 141 Å². The van der Waals surface area contributed by atoms with E-state index in [9.17, 15) is 9.90 Å². The second-order valence-corrected chi connectivity index (χ2v) is 6.10. The Morgan fingerprint density at radius 2 is 2.00 bits per heavy atom. The lowest BCUT2D eigenvalue weighted by molar-refractivity contribution is -0.909. The topological polar surface area (TPSA) is 58.6 Å². The Kier molecular flexibility index (Phi) is 5.46. The van der Waals surface area contributed by atoms with Gasteiger partial charge in [-0.3, -0.25) is 4.79 Å². The number of rotatable bonds is 3. The molecule has 0 aliphatic carbocycles. The van der Waals surface area contributed by atoms with Gasteiger partial charge in [-0.1, -0.05) is 18.2 Å². The number of quaternary nitrogens is 1. The van der Waals surface area contributed by atoms with Crippen molar-refractivity contribution in [2.24, 2.45) is 0 Å². The fourth-order valence-corrected chi connectivity index (χ4v) is 2.85. The molecule has 5 nitrogen and oxygen atoms in total. The quantitative estimate of drug-likeness (QED) is 0.704. The van der Waals surface area contributed by atoms with Crippen LogP contribution in [0.5, 0.6) is 5.75 Å². The Morgan fingerprint density at radius 1 is 1.26 bits per heavy atom. The third-order valence-electron chi connectivity index (χ3n) is 4.22. The van der Waals surface area contributed by atoms with E-state index in [0.717, 1.165) is 29.5 Å². The molecule has 1 aliphatic heterocycles. The van der Waals surface area contributed by atoms with E-state index in [0.29, 0.717) is 24.2 Å². The predicted octanol–water partition coefficient (Wildman–Crippen LogP) is -1.04. The van der Waals surface area contributed by atoms with Crippen molar-refractivity contribution in [1.29, 1.82) is 0 Å². The van der Waals surface area contributed by atoms with Crippen molar-refractivity contribution in [3.05, 3.63) is 36.4 Å². The number of benzene rings is 2. The molecule has 2 N–H and O–H groups in total. The molecule has 1 saturated heterocycles. The van der Waals surface area contributed by atoms with Crippen molar-refractivity contribution < 1.29 is 31.5 Å². The van der Waals surface area contributed by atoms with Crippen molar-refractivity contribution in [3.8, 4) is 5.75 Å². The number of phenols is 1. The van der Waals surface area contributed by atoms with Gasteiger partial charge in [0.05, 0.1) is 20.3 Å². The lowest BCUT2D eigenvalue weighted by Gasteiger charge is -2.36. The summed E-state index contributed by atoms with van der Waals surface area (Å²) in [4.78, 5) is 12.4. The number of nitrogens with zero attached hydrogens (tertiary/aromatic N) is 1. The Balaban J connectivity index is 0.00000192. The van der Waals surface area contributed by atoms with Gasteiger partial charge in [-0.15, -0.1) is 0 Å². The number of carbonyl (C=O) groups excluding carboxylic acids is 1. The summed E-state index contributed by atoms with van der Waals surface area (Å²) in [6.07, 6.45) is 0. The molecule has 3 rings (SSSR count). The summed E-state index contributed by atoms with van der Waals surface area (Å²) >= 11 is 0. The van der Waals surface area contributed by atoms with Crippen LogP contribution in [-0.4, -0.2) is 55.4 Å². The first-order chi connectivity index (χ1) is 10.6. The molecule has 2 aromatic carbocycles. The number of hydrogen-bond acceptors (Lipinski definition) is 3. The van der Waals surface area contributed by atoms with Crippen LogP contribution in [0.15, 0.2) is 36.4 Å². The standard InChI is InChI=1S/C17H20N2O3.ClH/c1-19(7-9-22-10-8-19)12-17(21)18-16-4-2-3-13-5-6-14(20)11-15(13)16;/h2-6,11H,7-10,12H2,1H3,(H-,18,20,21);1H. The van der Waals surface area contributed by atoms with Crippen LogP contribution in [0.4, 0.5) is 5.69 Å². The normalized spacial score (nSPS) is 16.6. The number of carbonyl (C=O) groups is 1. The average molecular weight is 337 g/mol. The minimum absolute atomic E-state index is 0. The highest BCUT2D eigenvalue weighted by Gasteiger charge is 2.28. The molecule has 1 aliphatic rings. The summed E-state index contributed by atoms with van der Waals surface area (Å²) in [5.41, 5.74) is 0.734. The van der Waals surface area contributed by atoms with Crippen LogP contribution in [0.2, 0.25) is 0 Å². The van der Waals surface area contributed by atoms with Gasteiger partial charge < -0.3 is 32.1 Å². The zero-order chi connectivity index (χ0) is 15.6. The largest absolute Gasteiger partial charge is 1.00 e. The fraction of sp³-hybridized carbons (Fsp3) is 0.353. The number of amides is 1. The molecule has 1 fully saturated rings. The zero-order valence-electron chi connectivity index (χ0n) is 13.1. The van der Waals surface area contributed by atoms with Crippen molar-refractivity contribution in [2.75, 3.05) is 45.2 Å². The maximum Gasteiger partial charge on any atom is 0.279 e. The number of halogens is 1. The van der Waals surface area contributed by atoms with E-state index in [2.05, 4.69) is 12.4 Å². The molecular formula is C17H21ClN2O3. The van der Waals surface area contributed by atoms with E-state index in [4.69, 9.17) is 4.74 Å². The minimum atomic E-state index is -0.0137. The van der Waals surface area contributed by atoms with Crippen molar-refractivity contribution >= 4 is 22.4 Å². The Morgan fingerprint density at radius 3 is 2.74 bits per heavy atom. The van der Waals surface area contributed by atoms with Crippen molar-refractivity contribution in [3.63, 3.8) is 0 Å². The number of aromatic hydroxyl groups is 1. The number of nitrogens with one attached hydrogen (secondary N) is 1. The summed E-state index contributed by atoms with van der Waals surface area (Å²) in [5.74, 6) is 0.182. The monoisotopic (exact) mass is 336 g/mol. The first-order valence-corrected chi connectivity index (χ1v) is 7.49. The number of fused-ring (bicyclic) bond motifs is 1. The summed E-state index contributed by atoms with van der Waals surface area (Å²) in [6.45, 7) is 3.53. The molecule has 124 valence electrons. The molecule has 0 spiro atoms. The van der Waals surface area contributed by atoms with Gasteiger partial charge in [-0.25, -0.2) is 0 Å². The van der Waals surface area contributed by atoms with Crippen LogP contribution in [-0.2, 0) is 9.53 Å². The third kappa shape index (κ3) is 4.13. The van der Waals surface area contributed by atoms with Crippen LogP contribution in [0, 0.1) is 0 Å². The molecule has 23 heavy (non-hydrogen) atoms. The predicted molar refractivity (Wildman–Crippen MR) is 85.8 cm³/mol. The summed E-state index contributed by atoms with van der Waals surface area (Å²) < 4.78 is 6.06. The number of morpholine rings is 1. The van der Waals surface area contributed by atoms with Crippen LogP contribution in [0.1, 0.15) is 0 Å². The Bertz CT molecular complexity index is 699. The van der Waals surface area contributed by atoms with Crippen LogP contribution < -0.4 is 17.7 Å². The molecule has 0 bridgehead atoms. The van der Waals surface area contributed by atoms with Crippen LogP contribution in [0.25, 0.3) is 10.8 Å². The van der Waals surface area contributed by atoms with Gasteiger partial charge >= 0.3 is 0 Å². The van der Waals surface area contributed by atoms with E-state index < -0.39 is 0 Å². The highest BCUT2D eigenvalue weighted by atomic mass is 35.5. The van der Waals surface area contributed by atoms with E-state index >= 15 is 0 Å². The Hall–Kier alpha value is -1.82. The van der Waals surface area contributed by atoms with E-state index in [1.807, 2.05) is 24.3 Å². The average Bonchev–Trinajstić information content (AvgIpc) is 2.48. The van der Waals surface area contributed by atoms with Crippen LogP contribution in [0.3, 0.4) is 0 Å². The highest BCUT2D eigenvalue weighted by molar-refractivity contribution is 6.02. The highest BCUT2D eigenvalue weighted by Crippen LogP contribution is 2.27. The molecule has 1 heterocycles. The van der Waals surface area contributed by atoms with E-state index in [1.165, 1.54) is 0 Å². The molecule has 0 aromatic heterocycles. The SMILES string of the molecule is C[N+]1(CC(=O)Nc2cccc3ccc(O)cc23)CCOCC1.[Cl-]. The second-order valence-electron chi connectivity index (χ2n) is 6.10. The maximum atomic E-state index is 12.4. The van der Waals surface area contributed by atoms with Gasteiger partial charge in [-0.05, 0) is 23.6 Å². The molecule has 0 unspecified atom stereocenters. The van der Waals surface area contributed by atoms with Gasteiger partial charge in [0.15, 0.2) is 6.54 Å². The van der Waals surface area contributed by atoms with Gasteiger partial charge in [0.2, 0.25) is 0 Å². The van der Waals surface area contributed by atoms with Gasteiger partial charge in [0.1, 0.15) is 18.8 Å². The molecule has 1 amide bonds. The second kappa shape index (κ2) is 7.17. The summed E-state index contributed by atoms with van der Waals surface area (Å²) in [7, 11) is 2.08. The van der Waals surface area contributed by atoms with E-state index in [1.54, 1.807) is 12.1 Å².